The van der Waals surface area contributed by atoms with Crippen LogP contribution >= 0.6 is 36.4 Å². The Labute approximate surface area is 221 Å². The summed E-state index contributed by atoms with van der Waals surface area (Å²) in [7, 11) is 0. The minimum Gasteiger partial charge on any atom is -0.382 e. The zero-order valence-corrected chi connectivity index (χ0v) is 21.1. The van der Waals surface area contributed by atoms with E-state index in [1.165, 1.54) is 0 Å². The van der Waals surface area contributed by atoms with Gasteiger partial charge in [-0.25, -0.2) is 0 Å². The smallest absolute Gasteiger partial charge is 0.382 e. The number of alkyl halides is 6. The number of benzene rings is 2. The van der Waals surface area contributed by atoms with Gasteiger partial charge in [-0.1, -0.05) is 11.6 Å². The zero-order valence-electron chi connectivity index (χ0n) is 18.7. The van der Waals surface area contributed by atoms with Crippen LogP contribution in [0.5, 0.6) is 0 Å². The highest BCUT2D eigenvalue weighted by Gasteiger charge is 2.37. The molecule has 1 heterocycles. The second-order valence-corrected chi connectivity index (χ2v) is 8.94. The molecule has 1 fully saturated rings. The zero-order chi connectivity index (χ0) is 24.5. The Bertz CT molecular complexity index is 1130. The first-order valence-electron chi connectivity index (χ1n) is 10.8. The topological polar surface area (TPSA) is 37.0 Å². The summed E-state index contributed by atoms with van der Waals surface area (Å²) in [6, 6.07) is 9.30. The highest BCUT2D eigenvalue weighted by atomic mass is 35.5. The van der Waals surface area contributed by atoms with Crippen LogP contribution < -0.4 is 10.6 Å². The van der Waals surface area contributed by atoms with Crippen molar-refractivity contribution in [1.29, 1.82) is 0 Å². The fourth-order valence-corrected chi connectivity index (χ4v) is 4.46. The number of hydrogen-bond donors (Lipinski definition) is 2. The molecule has 1 aromatic heterocycles. The Hall–Kier alpha value is -1.94. The summed E-state index contributed by atoms with van der Waals surface area (Å²) in [6.07, 6.45) is -4.87. The average molecular weight is 575 g/mol. The molecule has 1 saturated carbocycles. The van der Waals surface area contributed by atoms with Gasteiger partial charge in [-0.2, -0.15) is 26.3 Å². The van der Waals surface area contributed by atoms with Crippen LogP contribution in [-0.2, 0) is 18.9 Å². The number of pyridine rings is 1. The van der Waals surface area contributed by atoms with Gasteiger partial charge in [-0.05, 0) is 73.7 Å². The van der Waals surface area contributed by atoms with Gasteiger partial charge in [0.15, 0.2) is 0 Å². The molecule has 12 heteroatoms. The molecule has 3 aromatic rings. The van der Waals surface area contributed by atoms with E-state index < -0.39 is 23.5 Å². The van der Waals surface area contributed by atoms with Crippen molar-refractivity contribution in [2.24, 2.45) is 0 Å². The average Bonchev–Trinajstić information content (AvgIpc) is 2.77. The predicted octanol–water partition coefficient (Wildman–Crippen LogP) is 8.28. The summed E-state index contributed by atoms with van der Waals surface area (Å²) in [4.78, 5) is 4.33. The fraction of sp³-hybridized carbons (Fsp3) is 0.375. The van der Waals surface area contributed by atoms with Crippen LogP contribution in [0.1, 0.15) is 42.4 Å². The molecule has 2 N–H and O–H groups in total. The monoisotopic (exact) mass is 573 g/mol. The molecular formula is C24H24Cl3F6N3. The third kappa shape index (κ3) is 7.54. The van der Waals surface area contributed by atoms with Crippen LogP contribution in [0.2, 0.25) is 5.02 Å². The molecule has 0 bridgehead atoms. The number of nitrogens with zero attached hydrogens (tertiary/aromatic N) is 1. The maximum Gasteiger partial charge on any atom is 0.416 e. The molecule has 4 rings (SSSR count). The second-order valence-electron chi connectivity index (χ2n) is 8.51. The first kappa shape index (κ1) is 30.3. The van der Waals surface area contributed by atoms with Crippen molar-refractivity contribution >= 4 is 53.0 Å². The van der Waals surface area contributed by atoms with Crippen LogP contribution in [0.25, 0.3) is 10.9 Å². The van der Waals surface area contributed by atoms with Gasteiger partial charge < -0.3 is 10.6 Å². The van der Waals surface area contributed by atoms with Crippen LogP contribution in [0, 0.1) is 0 Å². The number of nitrogens with one attached hydrogen (secondary N) is 2. The van der Waals surface area contributed by atoms with E-state index in [9.17, 15) is 26.3 Å². The van der Waals surface area contributed by atoms with Crippen molar-refractivity contribution in [3.63, 3.8) is 0 Å². The third-order valence-electron chi connectivity index (χ3n) is 6.03. The SMILES string of the molecule is Cl.Cl.FC(F)(F)c1cc(CN[C@H]2CC[C@@H](Nc3ccnc4cc(Cl)ccc34)CC2)cc(C(F)(F)F)c1. The molecular weight excluding hydrogens is 551 g/mol. The van der Waals surface area contributed by atoms with E-state index in [1.807, 2.05) is 12.1 Å². The predicted molar refractivity (Wildman–Crippen MR) is 134 cm³/mol. The molecule has 0 amide bonds. The van der Waals surface area contributed by atoms with E-state index in [0.29, 0.717) is 5.02 Å². The van der Waals surface area contributed by atoms with Gasteiger partial charge in [0.2, 0.25) is 0 Å². The van der Waals surface area contributed by atoms with Gasteiger partial charge in [-0.15, -0.1) is 24.8 Å². The molecule has 0 saturated heterocycles. The van der Waals surface area contributed by atoms with E-state index in [2.05, 4.69) is 15.6 Å². The Morgan fingerprint density at radius 1 is 0.806 bits per heavy atom. The lowest BCUT2D eigenvalue weighted by Gasteiger charge is -2.31. The molecule has 36 heavy (non-hydrogen) atoms. The number of aromatic nitrogens is 1. The lowest BCUT2D eigenvalue weighted by atomic mass is 9.90. The van der Waals surface area contributed by atoms with Crippen LogP contribution in [0.15, 0.2) is 48.7 Å². The van der Waals surface area contributed by atoms with Crippen molar-refractivity contribution in [2.45, 2.75) is 56.7 Å². The van der Waals surface area contributed by atoms with Gasteiger partial charge in [0.25, 0.3) is 0 Å². The lowest BCUT2D eigenvalue weighted by molar-refractivity contribution is -0.143. The summed E-state index contributed by atoms with van der Waals surface area (Å²) in [6.45, 7) is -0.0640. The standard InChI is InChI=1S/C24H22ClF6N3.2ClH/c25-17-1-6-20-21(7-8-32-22(20)12-17)34-19-4-2-18(3-5-19)33-13-14-9-15(23(26,27)28)11-16(10-14)24(29,30)31;;/h1,6-12,18-19,33H,2-5,13H2,(H,32,34);2*1H/t18-,19+;;. The molecule has 1 aliphatic carbocycles. The fourth-order valence-electron chi connectivity index (χ4n) is 4.29. The molecule has 0 aliphatic heterocycles. The van der Waals surface area contributed by atoms with E-state index in [-0.39, 0.29) is 55.1 Å². The largest absolute Gasteiger partial charge is 0.416 e. The Morgan fingerprint density at radius 2 is 1.39 bits per heavy atom. The van der Waals surface area contributed by atoms with E-state index in [0.717, 1.165) is 54.4 Å². The van der Waals surface area contributed by atoms with Crippen LogP contribution in [0.3, 0.4) is 0 Å². The number of fused-ring (bicyclic) bond motifs is 1. The molecule has 0 atom stereocenters. The second kappa shape index (κ2) is 12.1. The molecule has 0 unspecified atom stereocenters. The molecule has 198 valence electrons. The highest BCUT2D eigenvalue weighted by molar-refractivity contribution is 6.31. The van der Waals surface area contributed by atoms with Gasteiger partial charge in [0.1, 0.15) is 0 Å². The van der Waals surface area contributed by atoms with Crippen molar-refractivity contribution in [3.8, 4) is 0 Å². The van der Waals surface area contributed by atoms with Crippen LogP contribution in [-0.4, -0.2) is 17.1 Å². The lowest BCUT2D eigenvalue weighted by Crippen LogP contribution is -2.36. The van der Waals surface area contributed by atoms with Gasteiger partial charge >= 0.3 is 12.4 Å². The maximum atomic E-state index is 13.1. The first-order valence-corrected chi connectivity index (χ1v) is 11.2. The summed E-state index contributed by atoms with van der Waals surface area (Å²) < 4.78 is 78.4. The Morgan fingerprint density at radius 3 is 1.97 bits per heavy atom. The van der Waals surface area contributed by atoms with Crippen molar-refractivity contribution in [1.82, 2.24) is 10.3 Å². The summed E-state index contributed by atoms with van der Waals surface area (Å²) in [5, 5.41) is 8.21. The van der Waals surface area contributed by atoms with Crippen molar-refractivity contribution in [3.05, 3.63) is 70.4 Å². The number of hydrogen-bond acceptors (Lipinski definition) is 3. The van der Waals surface area contributed by atoms with Crippen molar-refractivity contribution in [2.75, 3.05) is 5.32 Å². The molecule has 3 nitrogen and oxygen atoms in total. The van der Waals surface area contributed by atoms with Crippen LogP contribution in [0.4, 0.5) is 32.0 Å². The van der Waals surface area contributed by atoms with E-state index >= 15 is 0 Å². The maximum absolute atomic E-state index is 13.1. The van der Waals surface area contributed by atoms with E-state index in [1.54, 1.807) is 18.3 Å². The molecule has 1 aliphatic rings. The molecule has 0 radical (unpaired) electrons. The molecule has 2 aromatic carbocycles. The summed E-state index contributed by atoms with van der Waals surface area (Å²) in [5.74, 6) is 0. The quantitative estimate of drug-likeness (QED) is 0.301. The molecule has 0 spiro atoms. The summed E-state index contributed by atoms with van der Waals surface area (Å²) >= 11 is 6.04. The Kier molecular flexibility index (Phi) is 10.2. The number of rotatable bonds is 5. The Balaban J connectivity index is 0.00000228. The third-order valence-corrected chi connectivity index (χ3v) is 6.27. The highest BCUT2D eigenvalue weighted by Crippen LogP contribution is 2.36. The summed E-state index contributed by atoms with van der Waals surface area (Å²) in [5.41, 5.74) is -0.894. The van der Waals surface area contributed by atoms with Crippen molar-refractivity contribution < 1.29 is 26.3 Å². The van der Waals surface area contributed by atoms with Gasteiger partial charge in [0, 0.05) is 40.9 Å². The van der Waals surface area contributed by atoms with Gasteiger partial charge in [0.05, 0.1) is 16.6 Å². The van der Waals surface area contributed by atoms with Gasteiger partial charge in [-0.3, -0.25) is 4.98 Å². The van der Waals surface area contributed by atoms with E-state index in [4.69, 9.17) is 11.6 Å². The number of anilines is 1. The number of halogens is 9. The minimum absolute atomic E-state index is 0. The minimum atomic E-state index is -4.85. The first-order chi connectivity index (χ1) is 16.0. The normalized spacial score (nSPS) is 18.3.